The van der Waals surface area contributed by atoms with Gasteiger partial charge in [-0.05, 0) is 24.3 Å². The topological polar surface area (TPSA) is 106 Å². The highest BCUT2D eigenvalue weighted by Crippen LogP contribution is 2.33. The van der Waals surface area contributed by atoms with Gasteiger partial charge in [-0.1, -0.05) is 89.9 Å². The summed E-state index contributed by atoms with van der Waals surface area (Å²) in [5.41, 5.74) is 4.72. The number of hydroxylamine groups is 2. The summed E-state index contributed by atoms with van der Waals surface area (Å²) in [6.45, 7) is 0. The zero-order chi connectivity index (χ0) is 24.6. The number of nitrogens with zero attached hydrogens (tertiary/aromatic N) is 3. The summed E-state index contributed by atoms with van der Waals surface area (Å²) < 4.78 is 0. The summed E-state index contributed by atoms with van der Waals surface area (Å²) in [6.07, 6.45) is 0. The van der Waals surface area contributed by atoms with Crippen LogP contribution in [0.2, 0.25) is 10.3 Å². The molecule has 1 aromatic heterocycles. The Labute approximate surface area is 210 Å². The van der Waals surface area contributed by atoms with E-state index < -0.39 is 12.1 Å². The first kappa shape index (κ1) is 23.8. The number of nitrogens with one attached hydrogen (secondary N) is 2. The van der Waals surface area contributed by atoms with Gasteiger partial charge in [0.15, 0.2) is 27.6 Å². The number of benzene rings is 3. The van der Waals surface area contributed by atoms with E-state index >= 15 is 0 Å². The van der Waals surface area contributed by atoms with Crippen LogP contribution in [0.4, 0.5) is 15.3 Å². The SMILES string of the molecule is O=C(NOc1ccccc1)N(C(=O)NOc1ccccc1)c1c(Cl)nc(-c2ccccc2)nc1Cl. The Hall–Kier alpha value is -4.34. The van der Waals surface area contributed by atoms with Gasteiger partial charge in [0.1, 0.15) is 5.69 Å². The Morgan fingerprint density at radius 2 is 1.06 bits per heavy atom. The number of hydrogen-bond donors (Lipinski definition) is 2. The van der Waals surface area contributed by atoms with Crippen molar-refractivity contribution in [1.82, 2.24) is 20.9 Å². The van der Waals surface area contributed by atoms with Crippen LogP contribution in [-0.2, 0) is 0 Å². The van der Waals surface area contributed by atoms with E-state index in [1.807, 2.05) is 6.07 Å². The van der Waals surface area contributed by atoms with Crippen LogP contribution in [0.3, 0.4) is 0 Å². The summed E-state index contributed by atoms with van der Waals surface area (Å²) in [6, 6.07) is 23.8. The summed E-state index contributed by atoms with van der Waals surface area (Å²) in [7, 11) is 0. The highest BCUT2D eigenvalue weighted by Gasteiger charge is 2.31. The molecule has 9 nitrogen and oxygen atoms in total. The lowest BCUT2D eigenvalue weighted by atomic mass is 10.2. The quantitative estimate of drug-likeness (QED) is 0.256. The molecule has 0 atom stereocenters. The van der Waals surface area contributed by atoms with Gasteiger partial charge in [-0.25, -0.2) is 24.5 Å². The molecule has 0 bridgehead atoms. The van der Waals surface area contributed by atoms with Crippen molar-refractivity contribution in [2.45, 2.75) is 0 Å². The fourth-order valence-corrected chi connectivity index (χ4v) is 3.43. The van der Waals surface area contributed by atoms with E-state index in [1.54, 1.807) is 84.9 Å². The molecule has 0 aliphatic rings. The van der Waals surface area contributed by atoms with Crippen molar-refractivity contribution in [3.8, 4) is 22.9 Å². The molecule has 0 saturated heterocycles. The number of hydrogen-bond acceptors (Lipinski definition) is 6. The molecule has 0 fully saturated rings. The van der Waals surface area contributed by atoms with Crippen LogP contribution >= 0.6 is 23.2 Å². The third-order valence-electron chi connectivity index (χ3n) is 4.46. The van der Waals surface area contributed by atoms with Crippen molar-refractivity contribution in [3.05, 3.63) is 101 Å². The normalized spacial score (nSPS) is 10.2. The Balaban J connectivity index is 1.63. The number of aromatic nitrogens is 2. The maximum absolute atomic E-state index is 13.0. The molecule has 1 heterocycles. The van der Waals surface area contributed by atoms with Crippen LogP contribution in [-0.4, -0.2) is 22.0 Å². The molecule has 0 saturated carbocycles. The lowest BCUT2D eigenvalue weighted by Crippen LogP contribution is -2.50. The van der Waals surface area contributed by atoms with E-state index in [-0.39, 0.29) is 21.8 Å². The first-order chi connectivity index (χ1) is 17.0. The van der Waals surface area contributed by atoms with Gasteiger partial charge in [0.05, 0.1) is 0 Å². The van der Waals surface area contributed by atoms with Crippen molar-refractivity contribution in [1.29, 1.82) is 0 Å². The fourth-order valence-electron chi connectivity index (χ4n) is 2.87. The highest BCUT2D eigenvalue weighted by molar-refractivity contribution is 6.40. The van der Waals surface area contributed by atoms with Gasteiger partial charge >= 0.3 is 12.1 Å². The number of amides is 4. The number of carbonyl (C=O) groups is 2. The summed E-state index contributed by atoms with van der Waals surface area (Å²) >= 11 is 12.8. The van der Waals surface area contributed by atoms with Gasteiger partial charge in [0.2, 0.25) is 0 Å². The van der Waals surface area contributed by atoms with Crippen molar-refractivity contribution in [2.24, 2.45) is 0 Å². The monoisotopic (exact) mass is 509 g/mol. The molecule has 0 aliphatic carbocycles. The van der Waals surface area contributed by atoms with Crippen LogP contribution < -0.4 is 25.5 Å². The smallest absolute Gasteiger partial charge is 0.363 e. The first-order valence-electron chi connectivity index (χ1n) is 10.2. The standard InChI is InChI=1S/C24H17Cl2N5O4/c25-20-19(21(26)28-22(27-20)16-10-4-1-5-11-16)31(23(32)29-34-17-12-6-2-7-13-17)24(33)30-35-18-14-8-3-9-15-18/h1-15H,(H,29,32)(H,30,33). The first-order valence-corrected chi connectivity index (χ1v) is 10.9. The van der Waals surface area contributed by atoms with Crippen molar-refractivity contribution < 1.29 is 19.3 Å². The molecule has 0 spiro atoms. The fraction of sp³-hybridized carbons (Fsp3) is 0. The lowest BCUT2D eigenvalue weighted by molar-refractivity contribution is 0.170. The Bertz CT molecular complexity index is 1230. The van der Waals surface area contributed by atoms with Crippen LogP contribution in [0.25, 0.3) is 11.4 Å². The van der Waals surface area contributed by atoms with Crippen LogP contribution in [0.15, 0.2) is 91.0 Å². The molecular weight excluding hydrogens is 493 g/mol. The predicted octanol–water partition coefficient (Wildman–Crippen LogP) is 5.66. The van der Waals surface area contributed by atoms with Gasteiger partial charge in [-0.2, -0.15) is 11.0 Å². The highest BCUT2D eigenvalue weighted by atomic mass is 35.5. The number of rotatable bonds is 6. The molecule has 0 aliphatic heterocycles. The second kappa shape index (κ2) is 11.2. The average molecular weight is 510 g/mol. The van der Waals surface area contributed by atoms with Gasteiger partial charge in [-0.3, -0.25) is 0 Å². The number of urea groups is 2. The molecule has 11 heteroatoms. The van der Waals surface area contributed by atoms with Crippen LogP contribution in [0, 0.1) is 0 Å². The van der Waals surface area contributed by atoms with Gasteiger partial charge in [-0.15, -0.1) is 0 Å². The molecule has 0 unspecified atom stereocenters. The second-order valence-electron chi connectivity index (χ2n) is 6.82. The minimum absolute atomic E-state index is 0.214. The van der Waals surface area contributed by atoms with Crippen LogP contribution in [0.1, 0.15) is 0 Å². The second-order valence-corrected chi connectivity index (χ2v) is 7.54. The van der Waals surface area contributed by atoms with Crippen LogP contribution in [0.5, 0.6) is 11.5 Å². The van der Waals surface area contributed by atoms with E-state index in [2.05, 4.69) is 20.9 Å². The molecule has 4 amide bonds. The van der Waals surface area contributed by atoms with Gasteiger partial charge in [0, 0.05) is 5.56 Å². The van der Waals surface area contributed by atoms with E-state index in [1.165, 1.54) is 0 Å². The molecule has 4 aromatic rings. The zero-order valence-electron chi connectivity index (χ0n) is 17.9. The number of carbonyl (C=O) groups excluding carboxylic acids is 2. The number of halogens is 2. The average Bonchev–Trinajstić information content (AvgIpc) is 2.89. The number of imide groups is 1. The van der Waals surface area contributed by atoms with Crippen molar-refractivity contribution >= 4 is 41.0 Å². The number of anilines is 1. The third kappa shape index (κ3) is 5.97. The van der Waals surface area contributed by atoms with E-state index in [9.17, 15) is 9.59 Å². The van der Waals surface area contributed by atoms with Gasteiger partial charge < -0.3 is 9.68 Å². The van der Waals surface area contributed by atoms with Crippen molar-refractivity contribution in [2.75, 3.05) is 4.90 Å². The Kier molecular flexibility index (Phi) is 7.61. The Morgan fingerprint density at radius 3 is 1.49 bits per heavy atom. The van der Waals surface area contributed by atoms with Crippen molar-refractivity contribution in [3.63, 3.8) is 0 Å². The molecule has 4 rings (SSSR count). The largest absolute Gasteiger partial charge is 0.378 e. The van der Waals surface area contributed by atoms with E-state index in [0.29, 0.717) is 22.0 Å². The minimum Gasteiger partial charge on any atom is -0.378 e. The molecule has 2 N–H and O–H groups in total. The molecule has 176 valence electrons. The summed E-state index contributed by atoms with van der Waals surface area (Å²) in [5, 5.41) is -0.484. The third-order valence-corrected chi connectivity index (χ3v) is 4.99. The lowest BCUT2D eigenvalue weighted by Gasteiger charge is -2.22. The zero-order valence-corrected chi connectivity index (χ0v) is 19.4. The predicted molar refractivity (Wildman–Crippen MR) is 131 cm³/mol. The molecule has 35 heavy (non-hydrogen) atoms. The maximum atomic E-state index is 13.0. The Morgan fingerprint density at radius 1 is 0.657 bits per heavy atom. The summed E-state index contributed by atoms with van der Waals surface area (Å²) in [5.74, 6) is 0.871. The number of para-hydroxylation sites is 2. The summed E-state index contributed by atoms with van der Waals surface area (Å²) in [4.78, 5) is 45.6. The maximum Gasteiger partial charge on any atom is 0.363 e. The van der Waals surface area contributed by atoms with Gasteiger partial charge in [0.25, 0.3) is 0 Å². The molecule has 0 radical (unpaired) electrons. The van der Waals surface area contributed by atoms with E-state index in [0.717, 1.165) is 0 Å². The molecular formula is C24H17Cl2N5O4. The minimum atomic E-state index is -1.03. The molecule has 3 aromatic carbocycles. The van der Waals surface area contributed by atoms with E-state index in [4.69, 9.17) is 32.9 Å².